The van der Waals surface area contributed by atoms with Crippen molar-refractivity contribution >= 4 is 22.6 Å². The Labute approximate surface area is 110 Å². The molecule has 0 radical (unpaired) electrons. The molecule has 2 aromatic rings. The van der Waals surface area contributed by atoms with Crippen LogP contribution in [0.5, 0.6) is 0 Å². The lowest BCUT2D eigenvalue weighted by molar-refractivity contribution is 0.202. The number of hydrogen-bond donors (Lipinski definition) is 1. The molecule has 0 spiro atoms. The van der Waals surface area contributed by atoms with Gasteiger partial charge in [0.1, 0.15) is 0 Å². The number of aromatic nitrogens is 1. The van der Waals surface area contributed by atoms with Crippen molar-refractivity contribution in [3.8, 4) is 10.4 Å². The largest absolute Gasteiger partial charge is 0.465 e. The van der Waals surface area contributed by atoms with Crippen LogP contribution in [0.3, 0.4) is 0 Å². The predicted octanol–water partition coefficient (Wildman–Crippen LogP) is 3.62. The number of carbonyl (C=O) groups is 1. The van der Waals surface area contributed by atoms with Crippen molar-refractivity contribution in [3.63, 3.8) is 0 Å². The van der Waals surface area contributed by atoms with Crippen molar-refractivity contribution < 1.29 is 9.90 Å². The van der Waals surface area contributed by atoms with Gasteiger partial charge in [0.2, 0.25) is 0 Å². The zero-order valence-corrected chi connectivity index (χ0v) is 11.1. The third-order valence-electron chi connectivity index (χ3n) is 2.60. The van der Waals surface area contributed by atoms with E-state index in [2.05, 4.69) is 4.98 Å². The van der Waals surface area contributed by atoms with Gasteiger partial charge in [-0.2, -0.15) is 0 Å². The third kappa shape index (κ3) is 2.36. The van der Waals surface area contributed by atoms with Crippen LogP contribution in [0.4, 0.5) is 9.93 Å². The van der Waals surface area contributed by atoms with Crippen LogP contribution in [-0.4, -0.2) is 22.7 Å². The van der Waals surface area contributed by atoms with Gasteiger partial charge in [-0.3, -0.25) is 4.90 Å². The number of anilines is 1. The minimum Gasteiger partial charge on any atom is -0.465 e. The zero-order valence-electron chi connectivity index (χ0n) is 10.3. The summed E-state index contributed by atoms with van der Waals surface area (Å²) in [4.78, 5) is 17.7. The third-order valence-corrected chi connectivity index (χ3v) is 3.83. The van der Waals surface area contributed by atoms with E-state index in [9.17, 15) is 4.79 Å². The second-order valence-corrected chi connectivity index (χ2v) is 4.78. The molecule has 94 valence electrons. The van der Waals surface area contributed by atoms with Gasteiger partial charge in [0.15, 0.2) is 5.13 Å². The van der Waals surface area contributed by atoms with Gasteiger partial charge in [0.05, 0.1) is 10.6 Å². The molecule has 1 heterocycles. The molecule has 0 saturated carbocycles. The molecule has 1 N–H and O–H groups in total. The standard InChI is InChI=1S/C13H14N2O2S/c1-3-15(13(16)17)12-14-9(2)11(18-12)10-7-5-4-6-8-10/h4-8H,3H2,1-2H3,(H,16,17). The van der Waals surface area contributed by atoms with Crippen molar-refractivity contribution in [1.29, 1.82) is 0 Å². The highest BCUT2D eigenvalue weighted by Gasteiger charge is 2.18. The van der Waals surface area contributed by atoms with Crippen LogP contribution in [0, 0.1) is 6.92 Å². The first-order valence-corrected chi connectivity index (χ1v) is 6.48. The lowest BCUT2D eigenvalue weighted by atomic mass is 10.2. The average Bonchev–Trinajstić information content (AvgIpc) is 2.73. The number of rotatable bonds is 3. The molecule has 1 aromatic heterocycles. The van der Waals surface area contributed by atoms with Crippen LogP contribution in [0.1, 0.15) is 12.6 Å². The van der Waals surface area contributed by atoms with E-state index in [1.54, 1.807) is 6.92 Å². The van der Waals surface area contributed by atoms with E-state index in [4.69, 9.17) is 5.11 Å². The summed E-state index contributed by atoms with van der Waals surface area (Å²) >= 11 is 1.41. The van der Waals surface area contributed by atoms with Crippen LogP contribution < -0.4 is 4.90 Å². The maximum absolute atomic E-state index is 11.1. The highest BCUT2D eigenvalue weighted by Crippen LogP contribution is 2.34. The maximum Gasteiger partial charge on any atom is 0.413 e. The van der Waals surface area contributed by atoms with E-state index in [0.717, 1.165) is 16.1 Å². The summed E-state index contributed by atoms with van der Waals surface area (Å²) in [5.41, 5.74) is 1.93. The number of nitrogens with zero attached hydrogens (tertiary/aromatic N) is 2. The monoisotopic (exact) mass is 262 g/mol. The highest BCUT2D eigenvalue weighted by atomic mass is 32.1. The predicted molar refractivity (Wildman–Crippen MR) is 73.3 cm³/mol. The molecule has 0 aliphatic rings. The Morgan fingerprint density at radius 1 is 1.39 bits per heavy atom. The molecular formula is C13H14N2O2S. The van der Waals surface area contributed by atoms with E-state index >= 15 is 0 Å². The van der Waals surface area contributed by atoms with Gasteiger partial charge in [-0.1, -0.05) is 41.7 Å². The minimum atomic E-state index is -0.967. The van der Waals surface area contributed by atoms with E-state index in [0.29, 0.717) is 11.7 Å². The fourth-order valence-corrected chi connectivity index (χ4v) is 2.84. The van der Waals surface area contributed by atoms with Crippen LogP contribution in [0.2, 0.25) is 0 Å². The van der Waals surface area contributed by atoms with Crippen molar-refractivity contribution in [2.45, 2.75) is 13.8 Å². The minimum absolute atomic E-state index is 0.399. The summed E-state index contributed by atoms with van der Waals surface area (Å²) in [6.07, 6.45) is -0.967. The Morgan fingerprint density at radius 3 is 2.61 bits per heavy atom. The molecule has 0 aliphatic heterocycles. The smallest absolute Gasteiger partial charge is 0.413 e. The molecule has 0 aliphatic carbocycles. The quantitative estimate of drug-likeness (QED) is 0.919. The lowest BCUT2D eigenvalue weighted by Crippen LogP contribution is -2.28. The molecule has 0 fully saturated rings. The van der Waals surface area contributed by atoms with Crippen molar-refractivity contribution in [3.05, 3.63) is 36.0 Å². The van der Waals surface area contributed by atoms with Gasteiger partial charge < -0.3 is 5.11 Å². The number of aryl methyl sites for hydroxylation is 1. The fourth-order valence-electron chi connectivity index (χ4n) is 1.71. The average molecular weight is 262 g/mol. The normalized spacial score (nSPS) is 10.3. The van der Waals surface area contributed by atoms with Gasteiger partial charge in [-0.25, -0.2) is 9.78 Å². The second-order valence-electron chi connectivity index (χ2n) is 3.80. The van der Waals surface area contributed by atoms with E-state index in [1.807, 2.05) is 37.3 Å². The zero-order chi connectivity index (χ0) is 13.1. The molecule has 5 heteroatoms. The van der Waals surface area contributed by atoms with Gasteiger partial charge in [0.25, 0.3) is 0 Å². The number of benzene rings is 1. The molecule has 4 nitrogen and oxygen atoms in total. The Kier molecular flexibility index (Phi) is 3.62. The lowest BCUT2D eigenvalue weighted by Gasteiger charge is -2.12. The van der Waals surface area contributed by atoms with Crippen LogP contribution in [0.25, 0.3) is 10.4 Å². The Bertz CT molecular complexity index is 551. The van der Waals surface area contributed by atoms with Crippen LogP contribution in [-0.2, 0) is 0 Å². The molecule has 0 unspecified atom stereocenters. The highest BCUT2D eigenvalue weighted by molar-refractivity contribution is 7.19. The number of carboxylic acid groups (broad SMARTS) is 1. The van der Waals surface area contributed by atoms with Gasteiger partial charge in [-0.05, 0) is 19.4 Å². The summed E-state index contributed by atoms with van der Waals surface area (Å²) in [6.45, 7) is 4.10. The van der Waals surface area contributed by atoms with E-state index in [-0.39, 0.29) is 0 Å². The van der Waals surface area contributed by atoms with Gasteiger partial charge in [0, 0.05) is 6.54 Å². The molecule has 1 aromatic carbocycles. The number of hydrogen-bond acceptors (Lipinski definition) is 3. The maximum atomic E-state index is 11.1. The Hall–Kier alpha value is -1.88. The van der Waals surface area contributed by atoms with Crippen molar-refractivity contribution in [1.82, 2.24) is 4.98 Å². The van der Waals surface area contributed by atoms with Gasteiger partial charge >= 0.3 is 6.09 Å². The summed E-state index contributed by atoms with van der Waals surface area (Å²) < 4.78 is 0. The molecule has 0 atom stereocenters. The Balaban J connectivity index is 2.41. The summed E-state index contributed by atoms with van der Waals surface area (Å²) in [5, 5.41) is 9.62. The summed E-state index contributed by atoms with van der Waals surface area (Å²) in [6, 6.07) is 9.88. The molecule has 2 rings (SSSR count). The molecule has 0 bridgehead atoms. The summed E-state index contributed by atoms with van der Waals surface area (Å²) in [5.74, 6) is 0. The first-order valence-electron chi connectivity index (χ1n) is 5.66. The van der Waals surface area contributed by atoms with Crippen LogP contribution >= 0.6 is 11.3 Å². The SMILES string of the molecule is CCN(C(=O)O)c1nc(C)c(-c2ccccc2)s1. The first-order chi connectivity index (χ1) is 8.63. The molecule has 0 saturated heterocycles. The van der Waals surface area contributed by atoms with Crippen LogP contribution in [0.15, 0.2) is 30.3 Å². The number of thiazole rings is 1. The molecule has 18 heavy (non-hydrogen) atoms. The van der Waals surface area contributed by atoms with Crippen molar-refractivity contribution in [2.75, 3.05) is 11.4 Å². The molecular weight excluding hydrogens is 248 g/mol. The fraction of sp³-hybridized carbons (Fsp3) is 0.231. The second kappa shape index (κ2) is 5.18. The Morgan fingerprint density at radius 2 is 2.06 bits per heavy atom. The van der Waals surface area contributed by atoms with E-state index < -0.39 is 6.09 Å². The topological polar surface area (TPSA) is 53.4 Å². The first kappa shape index (κ1) is 12.6. The van der Waals surface area contributed by atoms with E-state index in [1.165, 1.54) is 16.2 Å². The number of amides is 1. The van der Waals surface area contributed by atoms with Gasteiger partial charge in [-0.15, -0.1) is 0 Å². The summed E-state index contributed by atoms with van der Waals surface area (Å²) in [7, 11) is 0. The molecule has 1 amide bonds. The van der Waals surface area contributed by atoms with Crippen molar-refractivity contribution in [2.24, 2.45) is 0 Å².